The predicted octanol–water partition coefficient (Wildman–Crippen LogP) is 2.54. The van der Waals surface area contributed by atoms with E-state index in [2.05, 4.69) is 26.8 Å². The number of anilines is 1. The van der Waals surface area contributed by atoms with E-state index in [0.717, 1.165) is 31.2 Å². The van der Waals surface area contributed by atoms with Crippen LogP contribution in [0.1, 0.15) is 35.8 Å². The summed E-state index contributed by atoms with van der Waals surface area (Å²) in [5, 5.41) is 5.30. The lowest BCUT2D eigenvalue weighted by atomic mass is 9.99. The zero-order chi connectivity index (χ0) is 19.4. The molecule has 3 rings (SSSR count). The number of aromatic nitrogens is 1. The lowest BCUT2D eigenvalue weighted by Gasteiger charge is -2.29. The standard InChI is InChI=1S/C18H24N4O3S2/c1-13-7-9-22(10-8-13)11-15-12-26-18(20-15)21-17(23)14-3-5-16(6-4-14)27(24,25)19-2/h3-6,12-13,19H,7-11H2,1-2H3,(H,20,21,23). The molecule has 27 heavy (non-hydrogen) atoms. The molecular weight excluding hydrogens is 384 g/mol. The second kappa shape index (κ2) is 8.47. The Labute approximate surface area is 163 Å². The van der Waals surface area contributed by atoms with E-state index in [9.17, 15) is 13.2 Å². The Kier molecular flexibility index (Phi) is 6.25. The third kappa shape index (κ3) is 5.13. The number of likely N-dealkylation sites (tertiary alicyclic amines) is 1. The molecule has 1 aliphatic heterocycles. The van der Waals surface area contributed by atoms with Gasteiger partial charge in [0.25, 0.3) is 5.91 Å². The summed E-state index contributed by atoms with van der Waals surface area (Å²) < 4.78 is 25.7. The van der Waals surface area contributed by atoms with Crippen LogP contribution < -0.4 is 10.0 Å². The largest absolute Gasteiger partial charge is 0.298 e. The second-order valence-electron chi connectivity index (χ2n) is 6.79. The second-order valence-corrected chi connectivity index (χ2v) is 9.53. The fourth-order valence-corrected chi connectivity index (χ4v) is 4.39. The van der Waals surface area contributed by atoms with Crippen LogP contribution in [-0.4, -0.2) is 44.3 Å². The Bertz CT molecular complexity index is 886. The zero-order valence-electron chi connectivity index (χ0n) is 15.4. The van der Waals surface area contributed by atoms with E-state index in [0.29, 0.717) is 10.7 Å². The van der Waals surface area contributed by atoms with E-state index >= 15 is 0 Å². The molecular formula is C18H24N4O3S2. The Morgan fingerprint density at radius 1 is 1.26 bits per heavy atom. The molecule has 0 unspecified atom stereocenters. The van der Waals surface area contributed by atoms with Crippen molar-refractivity contribution >= 4 is 32.4 Å². The van der Waals surface area contributed by atoms with Crippen molar-refractivity contribution in [3.8, 4) is 0 Å². The molecule has 2 aromatic rings. The predicted molar refractivity (Wildman–Crippen MR) is 106 cm³/mol. The minimum atomic E-state index is -3.51. The van der Waals surface area contributed by atoms with Crippen molar-refractivity contribution in [3.63, 3.8) is 0 Å². The molecule has 1 saturated heterocycles. The van der Waals surface area contributed by atoms with Crippen molar-refractivity contribution < 1.29 is 13.2 Å². The van der Waals surface area contributed by atoms with Crippen molar-refractivity contribution in [1.29, 1.82) is 0 Å². The lowest BCUT2D eigenvalue weighted by molar-refractivity contribution is 0.102. The van der Waals surface area contributed by atoms with Gasteiger partial charge in [-0.05, 0) is 63.2 Å². The van der Waals surface area contributed by atoms with Gasteiger partial charge in [-0.2, -0.15) is 0 Å². The summed E-state index contributed by atoms with van der Waals surface area (Å²) >= 11 is 1.40. The first-order chi connectivity index (χ1) is 12.9. The Balaban J connectivity index is 1.59. The molecule has 1 aliphatic rings. The fraction of sp³-hybridized carbons (Fsp3) is 0.444. The van der Waals surface area contributed by atoms with Gasteiger partial charge in [-0.1, -0.05) is 6.92 Å². The maximum Gasteiger partial charge on any atom is 0.257 e. The highest BCUT2D eigenvalue weighted by Gasteiger charge is 2.17. The molecule has 0 atom stereocenters. The molecule has 0 saturated carbocycles. The summed E-state index contributed by atoms with van der Waals surface area (Å²) in [7, 11) is -2.16. The third-order valence-corrected chi connectivity index (χ3v) is 6.97. The smallest absolute Gasteiger partial charge is 0.257 e. The summed E-state index contributed by atoms with van der Waals surface area (Å²) in [5.74, 6) is 0.483. The number of nitrogens with one attached hydrogen (secondary N) is 2. The van der Waals surface area contributed by atoms with E-state index in [-0.39, 0.29) is 10.8 Å². The van der Waals surface area contributed by atoms with Crippen molar-refractivity contribution in [2.24, 2.45) is 5.92 Å². The Morgan fingerprint density at radius 3 is 2.56 bits per heavy atom. The molecule has 1 aromatic carbocycles. The zero-order valence-corrected chi connectivity index (χ0v) is 17.1. The SMILES string of the molecule is CNS(=O)(=O)c1ccc(C(=O)Nc2nc(CN3CCC(C)CC3)cs2)cc1. The van der Waals surface area contributed by atoms with E-state index in [1.54, 1.807) is 0 Å². The number of sulfonamides is 1. The van der Waals surface area contributed by atoms with Gasteiger partial charge in [-0.3, -0.25) is 15.0 Å². The van der Waals surface area contributed by atoms with E-state index < -0.39 is 10.0 Å². The number of hydrogen-bond acceptors (Lipinski definition) is 6. The number of benzene rings is 1. The van der Waals surface area contributed by atoms with Gasteiger partial charge in [-0.15, -0.1) is 11.3 Å². The molecule has 7 nitrogen and oxygen atoms in total. The number of amides is 1. The average molecular weight is 409 g/mol. The maximum absolute atomic E-state index is 12.4. The lowest BCUT2D eigenvalue weighted by Crippen LogP contribution is -2.32. The highest BCUT2D eigenvalue weighted by atomic mass is 32.2. The quantitative estimate of drug-likeness (QED) is 0.766. The number of piperidine rings is 1. The van der Waals surface area contributed by atoms with Crippen LogP contribution in [0.2, 0.25) is 0 Å². The topological polar surface area (TPSA) is 91.4 Å². The Hall–Kier alpha value is -1.81. The molecule has 2 N–H and O–H groups in total. The molecule has 0 radical (unpaired) electrons. The molecule has 9 heteroatoms. The normalized spacial score (nSPS) is 16.4. The van der Waals surface area contributed by atoms with Gasteiger partial charge in [0, 0.05) is 17.5 Å². The van der Waals surface area contributed by atoms with E-state index in [1.165, 1.54) is 55.5 Å². The van der Waals surface area contributed by atoms with E-state index in [4.69, 9.17) is 0 Å². The van der Waals surface area contributed by atoms with Crippen LogP contribution in [0.4, 0.5) is 5.13 Å². The monoisotopic (exact) mass is 408 g/mol. The summed E-state index contributed by atoms with van der Waals surface area (Å²) in [5.41, 5.74) is 1.34. The Morgan fingerprint density at radius 2 is 1.93 bits per heavy atom. The number of nitrogens with zero attached hydrogens (tertiary/aromatic N) is 2. The summed E-state index contributed by atoms with van der Waals surface area (Å²) in [6.45, 7) is 5.26. The number of thiazole rings is 1. The van der Waals surface area contributed by atoms with Crippen LogP contribution in [0.3, 0.4) is 0 Å². The molecule has 1 aromatic heterocycles. The van der Waals surface area contributed by atoms with Gasteiger partial charge in [0.1, 0.15) is 0 Å². The molecule has 0 bridgehead atoms. The van der Waals surface area contributed by atoms with Crippen LogP contribution in [0, 0.1) is 5.92 Å². The average Bonchev–Trinajstić information content (AvgIpc) is 3.10. The van der Waals surface area contributed by atoms with Crippen LogP contribution in [0.5, 0.6) is 0 Å². The molecule has 1 amide bonds. The van der Waals surface area contributed by atoms with Crippen LogP contribution in [0.25, 0.3) is 0 Å². The van der Waals surface area contributed by atoms with Gasteiger partial charge < -0.3 is 0 Å². The van der Waals surface area contributed by atoms with Crippen molar-refractivity contribution in [1.82, 2.24) is 14.6 Å². The minimum absolute atomic E-state index is 0.119. The highest BCUT2D eigenvalue weighted by molar-refractivity contribution is 7.89. The first kappa shape index (κ1) is 19.9. The molecule has 1 fully saturated rings. The van der Waals surface area contributed by atoms with Crippen molar-refractivity contribution in [2.45, 2.75) is 31.2 Å². The van der Waals surface area contributed by atoms with Gasteiger partial charge in [-0.25, -0.2) is 18.1 Å². The van der Waals surface area contributed by atoms with Crippen LogP contribution in [-0.2, 0) is 16.6 Å². The molecule has 0 spiro atoms. The van der Waals surface area contributed by atoms with Crippen LogP contribution in [0.15, 0.2) is 34.5 Å². The van der Waals surface area contributed by atoms with Gasteiger partial charge in [0.05, 0.1) is 10.6 Å². The maximum atomic E-state index is 12.4. The highest BCUT2D eigenvalue weighted by Crippen LogP contribution is 2.21. The van der Waals surface area contributed by atoms with Crippen molar-refractivity contribution in [3.05, 3.63) is 40.9 Å². The van der Waals surface area contributed by atoms with Gasteiger partial charge in [0.2, 0.25) is 10.0 Å². The number of carbonyl (C=O) groups is 1. The number of carbonyl (C=O) groups excluding carboxylic acids is 1. The summed E-state index contributed by atoms with van der Waals surface area (Å²) in [6, 6.07) is 5.79. The first-order valence-electron chi connectivity index (χ1n) is 8.89. The number of hydrogen-bond donors (Lipinski definition) is 2. The fourth-order valence-electron chi connectivity index (χ4n) is 2.96. The molecule has 146 valence electrons. The first-order valence-corrected chi connectivity index (χ1v) is 11.3. The van der Waals surface area contributed by atoms with Gasteiger partial charge >= 0.3 is 0 Å². The molecule has 2 heterocycles. The molecule has 0 aliphatic carbocycles. The third-order valence-electron chi connectivity index (χ3n) is 4.73. The van der Waals surface area contributed by atoms with Crippen LogP contribution >= 0.6 is 11.3 Å². The summed E-state index contributed by atoms with van der Waals surface area (Å²) in [4.78, 5) is 19.4. The minimum Gasteiger partial charge on any atom is -0.298 e. The van der Waals surface area contributed by atoms with E-state index in [1.807, 2.05) is 5.38 Å². The van der Waals surface area contributed by atoms with Crippen molar-refractivity contribution in [2.75, 3.05) is 25.5 Å². The number of rotatable bonds is 6. The summed E-state index contributed by atoms with van der Waals surface area (Å²) in [6.07, 6.45) is 2.43. The van der Waals surface area contributed by atoms with Gasteiger partial charge in [0.15, 0.2) is 5.13 Å².